The fourth-order valence-electron chi connectivity index (χ4n) is 2.82. The predicted octanol–water partition coefficient (Wildman–Crippen LogP) is 4.34. The minimum Gasteiger partial charge on any atom is -0.454 e. The number of benzene rings is 3. The molecule has 0 unspecified atom stereocenters. The number of carbonyl (C=O) groups is 2. The van der Waals surface area contributed by atoms with E-state index in [4.69, 9.17) is 9.47 Å². The molecule has 0 saturated heterocycles. The van der Waals surface area contributed by atoms with Crippen molar-refractivity contribution in [3.63, 3.8) is 0 Å². The molecule has 9 heteroatoms. The highest BCUT2D eigenvalue weighted by Gasteiger charge is 2.17. The average molecular weight is 414 g/mol. The molecule has 0 bridgehead atoms. The minimum atomic E-state index is -0.939. The number of anilines is 2. The number of carbonyl (C=O) groups excluding carboxylic acids is 2. The highest BCUT2D eigenvalue weighted by Crippen LogP contribution is 2.32. The normalized spacial score (nSPS) is 11.8. The summed E-state index contributed by atoms with van der Waals surface area (Å²) in [7, 11) is 0. The van der Waals surface area contributed by atoms with Gasteiger partial charge in [0.2, 0.25) is 6.79 Å². The Bertz CT molecular complexity index is 1150. The molecule has 152 valence electrons. The highest BCUT2D eigenvalue weighted by molar-refractivity contribution is 6.06. The predicted molar refractivity (Wildman–Crippen MR) is 101 cm³/mol. The lowest BCUT2D eigenvalue weighted by atomic mass is 10.1. The van der Waals surface area contributed by atoms with Crippen molar-refractivity contribution >= 4 is 23.2 Å². The molecular weight excluding hydrogens is 401 g/mol. The second-order valence-corrected chi connectivity index (χ2v) is 6.33. The first-order chi connectivity index (χ1) is 14.4. The van der Waals surface area contributed by atoms with Crippen molar-refractivity contribution in [1.29, 1.82) is 0 Å². The molecule has 3 aromatic carbocycles. The van der Waals surface area contributed by atoms with Crippen LogP contribution in [0, 0.1) is 17.5 Å². The molecule has 30 heavy (non-hydrogen) atoms. The van der Waals surface area contributed by atoms with Gasteiger partial charge in [-0.25, -0.2) is 13.2 Å². The summed E-state index contributed by atoms with van der Waals surface area (Å²) in [5.41, 5.74) is -0.112. The molecule has 2 N–H and O–H groups in total. The number of hydrogen-bond donors (Lipinski definition) is 2. The maximum absolute atomic E-state index is 14.1. The molecule has 0 fully saturated rings. The van der Waals surface area contributed by atoms with Gasteiger partial charge in [0.05, 0.1) is 5.69 Å². The van der Waals surface area contributed by atoms with Crippen molar-refractivity contribution in [3.8, 4) is 11.5 Å². The zero-order valence-corrected chi connectivity index (χ0v) is 15.2. The summed E-state index contributed by atoms with van der Waals surface area (Å²) in [6.45, 7) is 0.0661. The molecular formula is C21H13F3N2O4. The van der Waals surface area contributed by atoms with Gasteiger partial charge in [-0.1, -0.05) is 0 Å². The monoisotopic (exact) mass is 414 g/mol. The van der Waals surface area contributed by atoms with E-state index in [0.717, 1.165) is 18.2 Å². The molecule has 4 rings (SSSR count). The molecule has 3 aromatic rings. The largest absolute Gasteiger partial charge is 0.454 e. The van der Waals surface area contributed by atoms with Gasteiger partial charge in [-0.3, -0.25) is 9.59 Å². The van der Waals surface area contributed by atoms with Crippen molar-refractivity contribution in [2.24, 2.45) is 0 Å². The second-order valence-electron chi connectivity index (χ2n) is 6.33. The Labute approximate surface area is 168 Å². The van der Waals surface area contributed by atoms with Crippen LogP contribution in [-0.4, -0.2) is 18.6 Å². The minimum absolute atomic E-state index is 0.0661. The van der Waals surface area contributed by atoms with Crippen LogP contribution in [0.25, 0.3) is 0 Å². The zero-order chi connectivity index (χ0) is 21.3. The lowest BCUT2D eigenvalue weighted by molar-refractivity contribution is 0.101. The topological polar surface area (TPSA) is 76.7 Å². The SMILES string of the molecule is O=C(Nc1ccc(F)c(NC(=O)c2cc(F)cc(F)c2)c1)c1ccc2c(c1)OCO2. The molecule has 1 heterocycles. The Balaban J connectivity index is 1.51. The van der Waals surface area contributed by atoms with E-state index in [1.165, 1.54) is 24.3 Å². The molecule has 0 aromatic heterocycles. The van der Waals surface area contributed by atoms with E-state index in [9.17, 15) is 22.8 Å². The van der Waals surface area contributed by atoms with Crippen molar-refractivity contribution < 1.29 is 32.2 Å². The first kappa shape index (κ1) is 19.3. The van der Waals surface area contributed by atoms with E-state index in [2.05, 4.69) is 10.6 Å². The third-order valence-electron chi connectivity index (χ3n) is 4.23. The van der Waals surface area contributed by atoms with Crippen LogP contribution >= 0.6 is 0 Å². The van der Waals surface area contributed by atoms with E-state index in [1.807, 2.05) is 0 Å². The van der Waals surface area contributed by atoms with Gasteiger partial charge in [0.15, 0.2) is 11.5 Å². The van der Waals surface area contributed by atoms with E-state index in [0.29, 0.717) is 17.6 Å². The molecule has 0 aliphatic carbocycles. The molecule has 0 atom stereocenters. The van der Waals surface area contributed by atoms with E-state index in [1.54, 1.807) is 6.07 Å². The van der Waals surface area contributed by atoms with Gasteiger partial charge in [0, 0.05) is 22.9 Å². The fourth-order valence-corrected chi connectivity index (χ4v) is 2.82. The van der Waals surface area contributed by atoms with Gasteiger partial charge >= 0.3 is 0 Å². The summed E-state index contributed by atoms with van der Waals surface area (Å²) in [5, 5.41) is 4.81. The first-order valence-electron chi connectivity index (χ1n) is 8.67. The number of rotatable bonds is 4. The number of hydrogen-bond acceptors (Lipinski definition) is 4. The third kappa shape index (κ3) is 4.04. The van der Waals surface area contributed by atoms with Gasteiger partial charge in [-0.2, -0.15) is 0 Å². The van der Waals surface area contributed by atoms with Crippen LogP contribution in [0.4, 0.5) is 24.5 Å². The van der Waals surface area contributed by atoms with Crippen LogP contribution in [0.1, 0.15) is 20.7 Å². The summed E-state index contributed by atoms with van der Waals surface area (Å²) < 4.78 is 51.1. The Morgan fingerprint density at radius 2 is 1.43 bits per heavy atom. The quantitative estimate of drug-likeness (QED) is 0.666. The fraction of sp³-hybridized carbons (Fsp3) is 0.0476. The van der Waals surface area contributed by atoms with Crippen molar-refractivity contribution in [2.75, 3.05) is 17.4 Å². The van der Waals surface area contributed by atoms with Crippen LogP contribution in [-0.2, 0) is 0 Å². The number of halogens is 3. The third-order valence-corrected chi connectivity index (χ3v) is 4.23. The second kappa shape index (κ2) is 7.78. The summed E-state index contributed by atoms with van der Waals surface area (Å²) in [4.78, 5) is 24.7. The van der Waals surface area contributed by atoms with Crippen LogP contribution in [0.3, 0.4) is 0 Å². The molecule has 6 nitrogen and oxygen atoms in total. The van der Waals surface area contributed by atoms with Crippen LogP contribution in [0.2, 0.25) is 0 Å². The molecule has 0 saturated carbocycles. The molecule has 0 radical (unpaired) electrons. The summed E-state index contributed by atoms with van der Waals surface area (Å²) in [6, 6.07) is 10.4. The van der Waals surface area contributed by atoms with Gasteiger partial charge in [-0.05, 0) is 48.5 Å². The van der Waals surface area contributed by atoms with Gasteiger partial charge in [-0.15, -0.1) is 0 Å². The maximum Gasteiger partial charge on any atom is 0.255 e. The first-order valence-corrected chi connectivity index (χ1v) is 8.67. The lowest BCUT2D eigenvalue weighted by Crippen LogP contribution is -2.15. The molecule has 1 aliphatic rings. The Morgan fingerprint density at radius 3 is 2.20 bits per heavy atom. The summed E-state index contributed by atoms with van der Waals surface area (Å²) in [6.07, 6.45) is 0. The van der Waals surface area contributed by atoms with Crippen molar-refractivity contribution in [1.82, 2.24) is 0 Å². The van der Waals surface area contributed by atoms with E-state index >= 15 is 0 Å². The van der Waals surface area contributed by atoms with E-state index in [-0.39, 0.29) is 29.3 Å². The summed E-state index contributed by atoms with van der Waals surface area (Å²) >= 11 is 0. The summed E-state index contributed by atoms with van der Waals surface area (Å²) in [5.74, 6) is -3.13. The van der Waals surface area contributed by atoms with Crippen LogP contribution < -0.4 is 20.1 Å². The Morgan fingerprint density at radius 1 is 0.733 bits per heavy atom. The van der Waals surface area contributed by atoms with Crippen LogP contribution in [0.5, 0.6) is 11.5 Å². The Hall–Kier alpha value is -4.01. The molecule has 2 amide bonds. The van der Waals surface area contributed by atoms with Gasteiger partial charge in [0.1, 0.15) is 17.5 Å². The Kier molecular flexibility index (Phi) is 5.01. The van der Waals surface area contributed by atoms with Crippen molar-refractivity contribution in [3.05, 3.63) is 83.2 Å². The average Bonchev–Trinajstić information content (AvgIpc) is 3.17. The number of ether oxygens (including phenoxy) is 2. The number of nitrogens with one attached hydrogen (secondary N) is 2. The molecule has 1 aliphatic heterocycles. The standard InChI is InChI=1S/C21H13F3N2O4/c22-13-5-12(6-14(23)8-13)21(28)26-17-9-15(2-3-16(17)24)25-20(27)11-1-4-18-19(7-11)30-10-29-18/h1-9H,10H2,(H,25,27)(H,26,28). The number of fused-ring (bicyclic) bond motifs is 1. The molecule has 0 spiro atoms. The zero-order valence-electron chi connectivity index (χ0n) is 15.2. The number of amides is 2. The highest BCUT2D eigenvalue weighted by atomic mass is 19.1. The van der Waals surface area contributed by atoms with E-state index < -0.39 is 29.3 Å². The van der Waals surface area contributed by atoms with Gasteiger partial charge < -0.3 is 20.1 Å². The maximum atomic E-state index is 14.1. The van der Waals surface area contributed by atoms with Crippen molar-refractivity contribution in [2.45, 2.75) is 0 Å². The van der Waals surface area contributed by atoms with Crippen LogP contribution in [0.15, 0.2) is 54.6 Å². The van der Waals surface area contributed by atoms with Gasteiger partial charge in [0.25, 0.3) is 11.8 Å². The lowest BCUT2D eigenvalue weighted by Gasteiger charge is -2.11. The smallest absolute Gasteiger partial charge is 0.255 e.